The number of benzene rings is 1. The van der Waals surface area contributed by atoms with Crippen LogP contribution in [0.15, 0.2) is 42.7 Å². The molecule has 0 spiro atoms. The van der Waals surface area contributed by atoms with E-state index >= 15 is 0 Å². The lowest BCUT2D eigenvalue weighted by molar-refractivity contribution is -0.126. The molecule has 146 valence electrons. The second-order valence-electron chi connectivity index (χ2n) is 7.71. The van der Waals surface area contributed by atoms with Gasteiger partial charge in [-0.3, -0.25) is 4.79 Å². The molecule has 1 amide bonds. The molecule has 0 bridgehead atoms. The Morgan fingerprint density at radius 2 is 1.93 bits per heavy atom. The lowest BCUT2D eigenvalue weighted by Crippen LogP contribution is -2.39. The Morgan fingerprint density at radius 1 is 1.14 bits per heavy atom. The van der Waals surface area contributed by atoms with Gasteiger partial charge in [0.1, 0.15) is 0 Å². The van der Waals surface area contributed by atoms with E-state index in [2.05, 4.69) is 25.7 Å². The van der Waals surface area contributed by atoms with Crippen LogP contribution in [0, 0.1) is 5.92 Å². The van der Waals surface area contributed by atoms with Gasteiger partial charge in [0.05, 0.1) is 11.7 Å². The predicted molar refractivity (Wildman–Crippen MR) is 109 cm³/mol. The van der Waals surface area contributed by atoms with Crippen molar-refractivity contribution in [2.24, 2.45) is 5.92 Å². The van der Waals surface area contributed by atoms with Gasteiger partial charge in [0.25, 0.3) is 0 Å². The molecular weight excluding hydrogens is 352 g/mol. The molecule has 1 aliphatic carbocycles. The average molecular weight is 378 g/mol. The highest BCUT2D eigenvalue weighted by Gasteiger charge is 2.26. The summed E-state index contributed by atoms with van der Waals surface area (Å²) in [5.74, 6) is 1.64. The Hall–Kier alpha value is -2.96. The van der Waals surface area contributed by atoms with Gasteiger partial charge in [-0.2, -0.15) is 10.1 Å². The summed E-state index contributed by atoms with van der Waals surface area (Å²) in [6.45, 7) is 4.00. The van der Waals surface area contributed by atoms with E-state index < -0.39 is 0 Å². The molecule has 1 fully saturated rings. The lowest BCUT2D eigenvalue weighted by atomic mass is 9.85. The molecule has 0 saturated heterocycles. The number of carbonyl (C=O) groups is 1. The molecule has 1 aromatic carbocycles. The zero-order valence-corrected chi connectivity index (χ0v) is 16.3. The number of para-hydroxylation sites is 1. The molecule has 28 heavy (non-hydrogen) atoms. The molecule has 7 nitrogen and oxygen atoms in total. The van der Waals surface area contributed by atoms with Crippen LogP contribution in [-0.2, 0) is 4.79 Å². The summed E-state index contributed by atoms with van der Waals surface area (Å²) < 4.78 is 1.83. The van der Waals surface area contributed by atoms with Crippen LogP contribution in [0.1, 0.15) is 39.5 Å². The van der Waals surface area contributed by atoms with Gasteiger partial charge in [-0.05, 0) is 45.6 Å². The number of fused-ring (bicyclic) bond motifs is 1. The quantitative estimate of drug-likeness (QED) is 0.711. The third-order valence-electron chi connectivity index (χ3n) is 5.20. The third-order valence-corrected chi connectivity index (χ3v) is 5.20. The second-order valence-corrected chi connectivity index (χ2v) is 7.71. The fourth-order valence-electron chi connectivity index (χ4n) is 3.78. The van der Waals surface area contributed by atoms with Crippen molar-refractivity contribution in [1.29, 1.82) is 0 Å². The van der Waals surface area contributed by atoms with Gasteiger partial charge in [0, 0.05) is 35.7 Å². The van der Waals surface area contributed by atoms with E-state index in [-0.39, 0.29) is 23.9 Å². The zero-order chi connectivity index (χ0) is 19.5. The summed E-state index contributed by atoms with van der Waals surface area (Å²) in [4.78, 5) is 21.2. The van der Waals surface area contributed by atoms with E-state index in [0.29, 0.717) is 5.95 Å². The van der Waals surface area contributed by atoms with Gasteiger partial charge in [0.15, 0.2) is 5.82 Å². The van der Waals surface area contributed by atoms with Crippen molar-refractivity contribution in [2.75, 3.05) is 5.32 Å². The average Bonchev–Trinajstić information content (AvgIpc) is 3.12. The van der Waals surface area contributed by atoms with Crippen molar-refractivity contribution < 1.29 is 4.79 Å². The Labute approximate surface area is 164 Å². The molecule has 4 rings (SSSR count). The highest BCUT2D eigenvalue weighted by molar-refractivity contribution is 5.80. The summed E-state index contributed by atoms with van der Waals surface area (Å²) in [6.07, 6.45) is 7.25. The monoisotopic (exact) mass is 378 g/mol. The highest BCUT2D eigenvalue weighted by atomic mass is 16.1. The number of rotatable bonds is 5. The van der Waals surface area contributed by atoms with Crippen LogP contribution in [0.5, 0.6) is 0 Å². The van der Waals surface area contributed by atoms with Gasteiger partial charge in [-0.15, -0.1) is 0 Å². The van der Waals surface area contributed by atoms with Crippen LogP contribution in [0.2, 0.25) is 0 Å². The zero-order valence-electron chi connectivity index (χ0n) is 16.3. The van der Waals surface area contributed by atoms with Gasteiger partial charge < -0.3 is 10.6 Å². The van der Waals surface area contributed by atoms with Gasteiger partial charge >= 0.3 is 0 Å². The van der Waals surface area contributed by atoms with Crippen molar-refractivity contribution >= 4 is 22.8 Å². The molecule has 2 heterocycles. The first kappa shape index (κ1) is 18.4. The largest absolute Gasteiger partial charge is 0.354 e. The van der Waals surface area contributed by atoms with Crippen molar-refractivity contribution in [3.63, 3.8) is 0 Å². The molecule has 3 aromatic rings. The number of hydrogen-bond donors (Lipinski definition) is 2. The number of aromatic nitrogens is 4. The van der Waals surface area contributed by atoms with E-state index in [1.165, 1.54) is 0 Å². The first-order valence-corrected chi connectivity index (χ1v) is 9.93. The Morgan fingerprint density at radius 3 is 2.71 bits per heavy atom. The maximum Gasteiger partial charge on any atom is 0.224 e. The maximum atomic E-state index is 12.2. The normalized spacial score (nSPS) is 19.7. The fourth-order valence-corrected chi connectivity index (χ4v) is 3.78. The summed E-state index contributed by atoms with van der Waals surface area (Å²) in [5, 5.41) is 12.0. The minimum Gasteiger partial charge on any atom is -0.354 e. The summed E-state index contributed by atoms with van der Waals surface area (Å²) >= 11 is 0. The number of hydrogen-bond acceptors (Lipinski definition) is 5. The molecule has 1 saturated carbocycles. The van der Waals surface area contributed by atoms with Gasteiger partial charge in [-0.1, -0.05) is 18.2 Å². The Balaban J connectivity index is 1.42. The van der Waals surface area contributed by atoms with Crippen molar-refractivity contribution in [2.45, 2.75) is 51.6 Å². The fraction of sp³-hybridized carbons (Fsp3) is 0.429. The van der Waals surface area contributed by atoms with E-state index in [9.17, 15) is 4.79 Å². The summed E-state index contributed by atoms with van der Waals surface area (Å²) in [5.41, 5.74) is 1.02. The number of amides is 1. The molecule has 0 radical (unpaired) electrons. The van der Waals surface area contributed by atoms with Crippen molar-refractivity contribution in [3.8, 4) is 5.82 Å². The molecule has 2 N–H and O–H groups in total. The van der Waals surface area contributed by atoms with Crippen molar-refractivity contribution in [3.05, 3.63) is 42.7 Å². The van der Waals surface area contributed by atoms with Crippen LogP contribution in [0.4, 0.5) is 5.95 Å². The van der Waals surface area contributed by atoms with Gasteiger partial charge in [-0.25, -0.2) is 9.67 Å². The SMILES string of the molecule is CC(C)NC(=O)C1CCC(Nc2nccc(-n3ncc4ccccc43)n2)CC1. The molecule has 0 aliphatic heterocycles. The molecular formula is C21H26N6O. The van der Waals surface area contributed by atoms with Crippen LogP contribution < -0.4 is 10.6 Å². The topological polar surface area (TPSA) is 84.7 Å². The minimum atomic E-state index is 0.114. The predicted octanol–water partition coefficient (Wildman–Crippen LogP) is 3.31. The van der Waals surface area contributed by atoms with E-state index in [0.717, 1.165) is 42.4 Å². The third kappa shape index (κ3) is 3.98. The number of carbonyl (C=O) groups excluding carboxylic acids is 1. The molecule has 0 unspecified atom stereocenters. The summed E-state index contributed by atoms with van der Waals surface area (Å²) in [7, 11) is 0. The first-order valence-electron chi connectivity index (χ1n) is 9.93. The van der Waals surface area contributed by atoms with E-state index in [1.807, 2.05) is 55.1 Å². The minimum absolute atomic E-state index is 0.114. The maximum absolute atomic E-state index is 12.2. The van der Waals surface area contributed by atoms with E-state index in [4.69, 9.17) is 0 Å². The molecule has 0 atom stereocenters. The van der Waals surface area contributed by atoms with Crippen LogP contribution in [-0.4, -0.2) is 37.7 Å². The van der Waals surface area contributed by atoms with Crippen LogP contribution in [0.25, 0.3) is 16.7 Å². The molecule has 1 aliphatic rings. The first-order chi connectivity index (χ1) is 13.6. The van der Waals surface area contributed by atoms with E-state index in [1.54, 1.807) is 6.20 Å². The second kappa shape index (κ2) is 7.96. The van der Waals surface area contributed by atoms with Crippen LogP contribution in [0.3, 0.4) is 0 Å². The van der Waals surface area contributed by atoms with Crippen molar-refractivity contribution in [1.82, 2.24) is 25.1 Å². The number of anilines is 1. The van der Waals surface area contributed by atoms with Gasteiger partial charge in [0.2, 0.25) is 11.9 Å². The molecule has 7 heteroatoms. The number of nitrogens with zero attached hydrogens (tertiary/aromatic N) is 4. The van der Waals surface area contributed by atoms with Crippen LogP contribution >= 0.6 is 0 Å². The standard InChI is InChI=1S/C21H26N6O/c1-14(2)24-20(28)15-7-9-17(10-8-15)25-21-22-12-11-19(26-21)27-18-6-4-3-5-16(18)13-23-27/h3-6,11-15,17H,7-10H2,1-2H3,(H,24,28)(H,22,25,26). The molecule has 2 aromatic heterocycles. The lowest BCUT2D eigenvalue weighted by Gasteiger charge is -2.29. The smallest absolute Gasteiger partial charge is 0.224 e. The summed E-state index contributed by atoms with van der Waals surface area (Å²) in [6, 6.07) is 10.4. The Bertz CT molecular complexity index is 958. The highest BCUT2D eigenvalue weighted by Crippen LogP contribution is 2.26. The number of nitrogens with one attached hydrogen (secondary N) is 2. The Kier molecular flexibility index (Phi) is 5.23.